The van der Waals surface area contributed by atoms with Gasteiger partial charge in [0.2, 0.25) is 0 Å². The number of aryl methyl sites for hydroxylation is 2. The van der Waals surface area contributed by atoms with Crippen molar-refractivity contribution in [2.75, 3.05) is 0 Å². The SMILES string of the molecule is Cc1cn(-c2ccn3c(C)cnc3c2)cn1. The summed E-state index contributed by atoms with van der Waals surface area (Å²) in [7, 11) is 0. The Morgan fingerprint density at radius 2 is 2.06 bits per heavy atom. The number of nitrogens with zero attached hydrogens (tertiary/aromatic N) is 4. The molecule has 0 saturated heterocycles. The molecule has 3 aromatic heterocycles. The van der Waals surface area contributed by atoms with Crippen molar-refractivity contribution < 1.29 is 0 Å². The van der Waals surface area contributed by atoms with Crippen LogP contribution in [0.25, 0.3) is 11.3 Å². The van der Waals surface area contributed by atoms with Gasteiger partial charge in [-0.3, -0.25) is 0 Å². The van der Waals surface area contributed by atoms with E-state index in [1.165, 1.54) is 0 Å². The van der Waals surface area contributed by atoms with Gasteiger partial charge in [0.15, 0.2) is 0 Å². The molecule has 0 atom stereocenters. The monoisotopic (exact) mass is 212 g/mol. The second-order valence-corrected chi connectivity index (χ2v) is 3.94. The molecule has 80 valence electrons. The molecule has 0 bridgehead atoms. The smallest absolute Gasteiger partial charge is 0.138 e. The zero-order valence-electron chi connectivity index (χ0n) is 9.25. The summed E-state index contributed by atoms with van der Waals surface area (Å²) < 4.78 is 4.06. The van der Waals surface area contributed by atoms with Crippen LogP contribution in [-0.4, -0.2) is 18.9 Å². The van der Waals surface area contributed by atoms with Gasteiger partial charge in [0.1, 0.15) is 5.65 Å². The highest BCUT2D eigenvalue weighted by molar-refractivity contribution is 5.49. The van der Waals surface area contributed by atoms with Gasteiger partial charge in [-0.1, -0.05) is 0 Å². The number of hydrogen-bond donors (Lipinski definition) is 0. The summed E-state index contributed by atoms with van der Waals surface area (Å²) in [5, 5.41) is 0. The maximum Gasteiger partial charge on any atom is 0.138 e. The van der Waals surface area contributed by atoms with Crippen molar-refractivity contribution >= 4 is 5.65 Å². The highest BCUT2D eigenvalue weighted by Crippen LogP contribution is 2.13. The quantitative estimate of drug-likeness (QED) is 0.619. The number of imidazole rings is 2. The lowest BCUT2D eigenvalue weighted by atomic mass is 10.4. The lowest BCUT2D eigenvalue weighted by molar-refractivity contribution is 1.03. The number of hydrogen-bond acceptors (Lipinski definition) is 2. The molecule has 0 saturated carbocycles. The Kier molecular flexibility index (Phi) is 1.83. The van der Waals surface area contributed by atoms with Crippen LogP contribution in [0.1, 0.15) is 11.4 Å². The summed E-state index contributed by atoms with van der Waals surface area (Å²) in [4.78, 5) is 8.55. The van der Waals surface area contributed by atoms with E-state index in [0.717, 1.165) is 22.7 Å². The summed E-state index contributed by atoms with van der Waals surface area (Å²) in [6.45, 7) is 4.02. The zero-order valence-corrected chi connectivity index (χ0v) is 9.25. The van der Waals surface area contributed by atoms with E-state index < -0.39 is 0 Å². The lowest BCUT2D eigenvalue weighted by Gasteiger charge is -2.02. The van der Waals surface area contributed by atoms with Crippen molar-refractivity contribution in [3.63, 3.8) is 0 Å². The normalized spacial score (nSPS) is 11.1. The fourth-order valence-electron chi connectivity index (χ4n) is 1.82. The van der Waals surface area contributed by atoms with E-state index in [9.17, 15) is 0 Å². The first-order chi connectivity index (χ1) is 7.74. The third-order valence-electron chi connectivity index (χ3n) is 2.69. The number of fused-ring (bicyclic) bond motifs is 1. The summed E-state index contributed by atoms with van der Waals surface area (Å²) in [6.07, 6.45) is 7.72. The van der Waals surface area contributed by atoms with Crippen molar-refractivity contribution in [1.29, 1.82) is 0 Å². The number of pyridine rings is 1. The van der Waals surface area contributed by atoms with E-state index in [2.05, 4.69) is 20.4 Å². The molecule has 0 fully saturated rings. The molecule has 3 heterocycles. The van der Waals surface area contributed by atoms with Crippen LogP contribution in [0.2, 0.25) is 0 Å². The summed E-state index contributed by atoms with van der Waals surface area (Å²) in [5.41, 5.74) is 4.20. The first-order valence-corrected chi connectivity index (χ1v) is 5.19. The predicted molar refractivity (Wildman–Crippen MR) is 61.8 cm³/mol. The molecule has 0 N–H and O–H groups in total. The van der Waals surface area contributed by atoms with Crippen LogP contribution in [0, 0.1) is 13.8 Å². The van der Waals surface area contributed by atoms with E-state index in [4.69, 9.17) is 0 Å². The zero-order chi connectivity index (χ0) is 11.1. The van der Waals surface area contributed by atoms with Crippen molar-refractivity contribution in [3.05, 3.63) is 48.4 Å². The van der Waals surface area contributed by atoms with Gasteiger partial charge in [-0.25, -0.2) is 9.97 Å². The van der Waals surface area contributed by atoms with Crippen molar-refractivity contribution in [2.24, 2.45) is 0 Å². The highest BCUT2D eigenvalue weighted by atomic mass is 15.1. The molecule has 0 spiro atoms. The molecule has 0 amide bonds. The molecule has 0 aliphatic heterocycles. The maximum absolute atomic E-state index is 4.34. The molecule has 0 aliphatic carbocycles. The Morgan fingerprint density at radius 3 is 2.81 bits per heavy atom. The average molecular weight is 212 g/mol. The van der Waals surface area contributed by atoms with Gasteiger partial charge in [0, 0.05) is 30.4 Å². The van der Waals surface area contributed by atoms with Crippen LogP contribution in [-0.2, 0) is 0 Å². The first-order valence-electron chi connectivity index (χ1n) is 5.19. The molecule has 4 nitrogen and oxygen atoms in total. The van der Waals surface area contributed by atoms with Crippen molar-refractivity contribution in [2.45, 2.75) is 13.8 Å². The molecule has 0 aliphatic rings. The molecule has 0 aromatic carbocycles. The average Bonchev–Trinajstić information content (AvgIpc) is 2.86. The summed E-state index contributed by atoms with van der Waals surface area (Å²) >= 11 is 0. The maximum atomic E-state index is 4.34. The highest BCUT2D eigenvalue weighted by Gasteiger charge is 2.02. The Balaban J connectivity index is 2.18. The van der Waals surface area contributed by atoms with Gasteiger partial charge in [0.25, 0.3) is 0 Å². The van der Waals surface area contributed by atoms with Crippen LogP contribution in [0.3, 0.4) is 0 Å². The minimum absolute atomic E-state index is 0.960. The Bertz CT molecular complexity index is 648. The molecule has 0 radical (unpaired) electrons. The van der Waals surface area contributed by atoms with Crippen LogP contribution in [0.15, 0.2) is 37.1 Å². The second kappa shape index (κ2) is 3.20. The molecule has 4 heteroatoms. The van der Waals surface area contributed by atoms with Crippen molar-refractivity contribution in [3.8, 4) is 5.69 Å². The van der Waals surface area contributed by atoms with E-state index in [1.807, 2.05) is 49.4 Å². The van der Waals surface area contributed by atoms with Gasteiger partial charge in [-0.15, -0.1) is 0 Å². The standard InChI is InChI=1S/C12H12N4/c1-9-7-15(8-14-9)11-3-4-16-10(2)6-13-12(16)5-11/h3-8H,1-2H3. The van der Waals surface area contributed by atoms with Gasteiger partial charge >= 0.3 is 0 Å². The predicted octanol–water partition coefficient (Wildman–Crippen LogP) is 2.14. The second-order valence-electron chi connectivity index (χ2n) is 3.94. The fraction of sp³-hybridized carbons (Fsp3) is 0.167. The lowest BCUT2D eigenvalue weighted by Crippen LogP contribution is -1.93. The summed E-state index contributed by atoms with van der Waals surface area (Å²) in [6, 6.07) is 4.11. The molecule has 3 rings (SSSR count). The Labute approximate surface area is 93.2 Å². The third kappa shape index (κ3) is 1.31. The molecular formula is C12H12N4. The molecule has 16 heavy (non-hydrogen) atoms. The Morgan fingerprint density at radius 1 is 1.19 bits per heavy atom. The fourth-order valence-corrected chi connectivity index (χ4v) is 1.82. The van der Waals surface area contributed by atoms with Gasteiger partial charge in [-0.2, -0.15) is 0 Å². The van der Waals surface area contributed by atoms with Gasteiger partial charge < -0.3 is 8.97 Å². The topological polar surface area (TPSA) is 35.1 Å². The van der Waals surface area contributed by atoms with Crippen LogP contribution in [0.4, 0.5) is 0 Å². The largest absolute Gasteiger partial charge is 0.306 e. The molecular weight excluding hydrogens is 200 g/mol. The van der Waals surface area contributed by atoms with E-state index in [1.54, 1.807) is 0 Å². The van der Waals surface area contributed by atoms with Crippen LogP contribution in [0.5, 0.6) is 0 Å². The third-order valence-corrected chi connectivity index (χ3v) is 2.69. The van der Waals surface area contributed by atoms with Crippen LogP contribution < -0.4 is 0 Å². The molecule has 0 unspecified atom stereocenters. The summed E-state index contributed by atoms with van der Waals surface area (Å²) in [5.74, 6) is 0. The molecule has 3 aromatic rings. The van der Waals surface area contributed by atoms with Crippen molar-refractivity contribution in [1.82, 2.24) is 18.9 Å². The van der Waals surface area contributed by atoms with Gasteiger partial charge in [0.05, 0.1) is 17.7 Å². The van der Waals surface area contributed by atoms with Gasteiger partial charge in [-0.05, 0) is 19.9 Å². The van der Waals surface area contributed by atoms with E-state index >= 15 is 0 Å². The van der Waals surface area contributed by atoms with E-state index in [0.29, 0.717) is 0 Å². The minimum Gasteiger partial charge on any atom is -0.306 e. The number of aromatic nitrogens is 4. The first kappa shape index (κ1) is 9.15. The number of rotatable bonds is 1. The Hall–Kier alpha value is -2.10. The minimum atomic E-state index is 0.960. The van der Waals surface area contributed by atoms with E-state index in [-0.39, 0.29) is 0 Å². The van der Waals surface area contributed by atoms with Crippen LogP contribution >= 0.6 is 0 Å².